The number of hydrogen-bond acceptors (Lipinski definition) is 4. The van der Waals surface area contributed by atoms with Crippen LogP contribution in [0, 0.1) is 5.41 Å². The Hall–Kier alpha value is -1.88. The van der Waals surface area contributed by atoms with Crippen molar-refractivity contribution in [1.29, 1.82) is 0 Å². The molecular formula is C22H34O5. The van der Waals surface area contributed by atoms with Crippen LogP contribution in [0.15, 0.2) is 24.3 Å². The van der Waals surface area contributed by atoms with Gasteiger partial charge in [-0.2, -0.15) is 0 Å². The number of carbonyl (C=O) groups is 2. The molecule has 1 atom stereocenters. The number of aliphatic carboxylic acids is 1. The molecule has 1 unspecified atom stereocenters. The lowest BCUT2D eigenvalue weighted by Crippen LogP contribution is -2.32. The van der Waals surface area contributed by atoms with Gasteiger partial charge in [0.25, 0.3) is 0 Å². The fraction of sp³-hybridized carbons (Fsp3) is 0.636. The van der Waals surface area contributed by atoms with E-state index in [1.807, 2.05) is 38.1 Å². The van der Waals surface area contributed by atoms with E-state index in [9.17, 15) is 19.8 Å². The minimum atomic E-state index is -0.969. The summed E-state index contributed by atoms with van der Waals surface area (Å²) in [6, 6.07) is 7.51. The Kier molecular flexibility index (Phi) is 8.97. The highest BCUT2D eigenvalue weighted by atomic mass is 16.5. The fourth-order valence-corrected chi connectivity index (χ4v) is 3.09. The number of aliphatic hydroxyl groups excluding tert-OH is 1. The van der Waals surface area contributed by atoms with Crippen molar-refractivity contribution >= 4 is 11.9 Å². The minimum Gasteiger partial charge on any atom is -0.481 e. The maximum atomic E-state index is 12.0. The van der Waals surface area contributed by atoms with Crippen molar-refractivity contribution in [1.82, 2.24) is 0 Å². The zero-order valence-corrected chi connectivity index (χ0v) is 17.1. The first-order chi connectivity index (χ1) is 12.6. The number of esters is 1. The van der Waals surface area contributed by atoms with Crippen LogP contribution < -0.4 is 0 Å². The van der Waals surface area contributed by atoms with Gasteiger partial charge in [0.15, 0.2) is 0 Å². The van der Waals surface area contributed by atoms with Crippen molar-refractivity contribution in [2.24, 2.45) is 5.41 Å². The standard InChI is InChI=1S/C22H34O5/c1-5-27-19(24)12-11-17-9-8-10-18(15-17)22(4,20(25)26)14-7-6-13-21(2,3)16-23/h8-10,15,23H,5-7,11-14,16H2,1-4H3,(H,25,26). The third kappa shape index (κ3) is 7.33. The molecule has 152 valence electrons. The SMILES string of the molecule is CCOC(=O)CCc1cccc(C(C)(CCCCC(C)(C)CO)C(=O)O)c1. The predicted molar refractivity (Wildman–Crippen MR) is 106 cm³/mol. The Labute approximate surface area is 162 Å². The van der Waals surface area contributed by atoms with E-state index in [0.717, 1.165) is 30.4 Å². The molecular weight excluding hydrogens is 344 g/mol. The Morgan fingerprint density at radius 2 is 1.78 bits per heavy atom. The lowest BCUT2D eigenvalue weighted by Gasteiger charge is -2.27. The maximum Gasteiger partial charge on any atom is 0.313 e. The summed E-state index contributed by atoms with van der Waals surface area (Å²) >= 11 is 0. The van der Waals surface area contributed by atoms with Gasteiger partial charge in [0, 0.05) is 13.0 Å². The third-order valence-corrected chi connectivity index (χ3v) is 5.17. The molecule has 0 spiro atoms. The highest BCUT2D eigenvalue weighted by Crippen LogP contribution is 2.32. The van der Waals surface area contributed by atoms with E-state index in [0.29, 0.717) is 19.4 Å². The highest BCUT2D eigenvalue weighted by Gasteiger charge is 2.34. The lowest BCUT2D eigenvalue weighted by molar-refractivity contribution is -0.144. The Bertz CT molecular complexity index is 623. The van der Waals surface area contributed by atoms with Crippen molar-refractivity contribution in [2.75, 3.05) is 13.2 Å². The molecule has 5 heteroatoms. The molecule has 0 amide bonds. The summed E-state index contributed by atoms with van der Waals surface area (Å²) in [6.45, 7) is 8.05. The molecule has 1 aromatic rings. The van der Waals surface area contributed by atoms with Crippen LogP contribution in [-0.2, 0) is 26.2 Å². The lowest BCUT2D eigenvalue weighted by atomic mass is 9.76. The molecule has 0 bridgehead atoms. The van der Waals surface area contributed by atoms with Gasteiger partial charge < -0.3 is 14.9 Å². The van der Waals surface area contributed by atoms with Crippen molar-refractivity contribution in [3.63, 3.8) is 0 Å². The predicted octanol–water partition coefficient (Wildman–Crippen LogP) is 4.10. The molecule has 0 saturated heterocycles. The number of carboxylic acids is 1. The van der Waals surface area contributed by atoms with E-state index >= 15 is 0 Å². The monoisotopic (exact) mass is 378 g/mol. The molecule has 0 fully saturated rings. The second kappa shape index (κ2) is 10.5. The molecule has 0 heterocycles. The fourth-order valence-electron chi connectivity index (χ4n) is 3.09. The highest BCUT2D eigenvalue weighted by molar-refractivity contribution is 5.81. The summed E-state index contributed by atoms with van der Waals surface area (Å²) < 4.78 is 4.95. The van der Waals surface area contributed by atoms with Gasteiger partial charge in [0.2, 0.25) is 0 Å². The summed E-state index contributed by atoms with van der Waals surface area (Å²) in [5, 5.41) is 19.2. The second-order valence-corrected chi connectivity index (χ2v) is 8.17. The average Bonchev–Trinajstić information content (AvgIpc) is 2.63. The van der Waals surface area contributed by atoms with E-state index in [4.69, 9.17) is 4.74 Å². The summed E-state index contributed by atoms with van der Waals surface area (Å²) in [5.74, 6) is -1.08. The molecule has 0 aromatic heterocycles. The van der Waals surface area contributed by atoms with Gasteiger partial charge in [0.05, 0.1) is 12.0 Å². The molecule has 1 rings (SSSR count). The van der Waals surface area contributed by atoms with Gasteiger partial charge in [-0.25, -0.2) is 0 Å². The quantitative estimate of drug-likeness (QED) is 0.422. The summed E-state index contributed by atoms with van der Waals surface area (Å²) in [4.78, 5) is 23.6. The van der Waals surface area contributed by atoms with Gasteiger partial charge in [-0.3, -0.25) is 9.59 Å². The van der Waals surface area contributed by atoms with Crippen LogP contribution in [0.4, 0.5) is 0 Å². The normalized spacial score (nSPS) is 13.8. The second-order valence-electron chi connectivity index (χ2n) is 8.17. The molecule has 0 aliphatic carbocycles. The molecule has 2 N–H and O–H groups in total. The molecule has 0 saturated carbocycles. The number of aryl methyl sites for hydroxylation is 1. The van der Waals surface area contributed by atoms with E-state index in [1.165, 1.54) is 0 Å². The number of unbranched alkanes of at least 4 members (excludes halogenated alkanes) is 1. The number of benzene rings is 1. The summed E-state index contributed by atoms with van der Waals surface area (Å²) in [5.41, 5.74) is 0.600. The van der Waals surface area contributed by atoms with Gasteiger partial charge >= 0.3 is 11.9 Å². The van der Waals surface area contributed by atoms with Crippen molar-refractivity contribution in [3.8, 4) is 0 Å². The maximum absolute atomic E-state index is 12.0. The van der Waals surface area contributed by atoms with Crippen LogP contribution in [0.5, 0.6) is 0 Å². The van der Waals surface area contributed by atoms with E-state index in [2.05, 4.69) is 0 Å². The first-order valence-electron chi connectivity index (χ1n) is 9.74. The summed E-state index contributed by atoms with van der Waals surface area (Å²) in [6.07, 6.45) is 3.87. The van der Waals surface area contributed by atoms with Crippen molar-refractivity contribution in [3.05, 3.63) is 35.4 Å². The molecule has 5 nitrogen and oxygen atoms in total. The van der Waals surface area contributed by atoms with Gasteiger partial charge in [-0.1, -0.05) is 51.0 Å². The number of aliphatic hydroxyl groups is 1. The van der Waals surface area contributed by atoms with Crippen LogP contribution in [0.3, 0.4) is 0 Å². The molecule has 0 aliphatic heterocycles. The van der Waals surface area contributed by atoms with Crippen LogP contribution in [0.1, 0.15) is 70.9 Å². The van der Waals surface area contributed by atoms with E-state index < -0.39 is 11.4 Å². The molecule has 0 radical (unpaired) electrons. The molecule has 1 aromatic carbocycles. The first kappa shape index (κ1) is 23.2. The molecule has 27 heavy (non-hydrogen) atoms. The van der Waals surface area contributed by atoms with E-state index in [-0.39, 0.29) is 24.4 Å². The van der Waals surface area contributed by atoms with Gasteiger partial charge in [0.1, 0.15) is 0 Å². The number of hydrogen-bond donors (Lipinski definition) is 2. The topological polar surface area (TPSA) is 83.8 Å². The van der Waals surface area contributed by atoms with Crippen LogP contribution >= 0.6 is 0 Å². The minimum absolute atomic E-state index is 0.131. The van der Waals surface area contributed by atoms with Crippen molar-refractivity contribution in [2.45, 2.75) is 71.6 Å². The zero-order chi connectivity index (χ0) is 20.5. The Morgan fingerprint density at radius 3 is 2.37 bits per heavy atom. The number of carboxylic acid groups (broad SMARTS) is 1. The number of rotatable bonds is 12. The number of ether oxygens (including phenoxy) is 1. The zero-order valence-electron chi connectivity index (χ0n) is 17.1. The van der Waals surface area contributed by atoms with Crippen LogP contribution in [0.25, 0.3) is 0 Å². The van der Waals surface area contributed by atoms with Gasteiger partial charge in [-0.15, -0.1) is 0 Å². The average molecular weight is 379 g/mol. The van der Waals surface area contributed by atoms with Crippen LogP contribution in [0.2, 0.25) is 0 Å². The Morgan fingerprint density at radius 1 is 1.11 bits per heavy atom. The largest absolute Gasteiger partial charge is 0.481 e. The third-order valence-electron chi connectivity index (χ3n) is 5.17. The van der Waals surface area contributed by atoms with Crippen LogP contribution in [-0.4, -0.2) is 35.4 Å². The number of carbonyl (C=O) groups excluding carboxylic acids is 1. The van der Waals surface area contributed by atoms with Crippen molar-refractivity contribution < 1.29 is 24.5 Å². The first-order valence-corrected chi connectivity index (χ1v) is 9.74. The summed E-state index contributed by atoms with van der Waals surface area (Å²) in [7, 11) is 0. The Balaban J connectivity index is 2.79. The smallest absolute Gasteiger partial charge is 0.313 e. The van der Waals surface area contributed by atoms with E-state index in [1.54, 1.807) is 13.8 Å². The van der Waals surface area contributed by atoms with Gasteiger partial charge in [-0.05, 0) is 49.7 Å². The molecule has 0 aliphatic rings.